The summed E-state index contributed by atoms with van der Waals surface area (Å²) in [5, 5.41) is 8.76. The van der Waals surface area contributed by atoms with Crippen molar-refractivity contribution < 1.29 is 9.53 Å². The largest absolute Gasteiger partial charge is 0.475 e. The molecule has 1 unspecified atom stereocenters. The topological polar surface area (TPSA) is 50.1 Å². The second kappa shape index (κ2) is 5.16. The molecule has 78 valence electrons. The molecule has 0 heterocycles. The zero-order chi connectivity index (χ0) is 11.3. The number of carbonyl (C=O) groups is 1. The third kappa shape index (κ3) is 2.81. The van der Waals surface area contributed by atoms with E-state index in [9.17, 15) is 4.79 Å². The van der Waals surface area contributed by atoms with Gasteiger partial charge in [0, 0.05) is 0 Å². The van der Waals surface area contributed by atoms with Gasteiger partial charge in [0.25, 0.3) is 0 Å². The van der Waals surface area contributed by atoms with Crippen molar-refractivity contribution in [1.29, 1.82) is 5.26 Å². The summed E-state index contributed by atoms with van der Waals surface area (Å²) in [5.74, 6) is 0.428. The highest BCUT2D eigenvalue weighted by Gasteiger charge is 2.11. The Morgan fingerprint density at radius 1 is 1.53 bits per heavy atom. The Balaban J connectivity index is 2.94. The van der Waals surface area contributed by atoms with Gasteiger partial charge in [0.2, 0.25) is 0 Å². The first-order valence-electron chi connectivity index (χ1n) is 4.85. The number of rotatable bonds is 4. The van der Waals surface area contributed by atoms with E-state index in [1.54, 1.807) is 24.3 Å². The van der Waals surface area contributed by atoms with Gasteiger partial charge in [0.15, 0.2) is 11.9 Å². The van der Waals surface area contributed by atoms with Gasteiger partial charge >= 0.3 is 0 Å². The second-order valence-electron chi connectivity index (χ2n) is 3.20. The van der Waals surface area contributed by atoms with Crippen LogP contribution in [0.1, 0.15) is 30.6 Å². The zero-order valence-electron chi connectivity index (χ0n) is 8.86. The number of Topliss-reactive ketones (excluding diaryl/α,β-unsaturated/α-hetero) is 1. The van der Waals surface area contributed by atoms with Crippen LogP contribution in [-0.4, -0.2) is 11.9 Å². The Labute approximate surface area is 89.3 Å². The van der Waals surface area contributed by atoms with Gasteiger partial charge in [-0.3, -0.25) is 4.79 Å². The summed E-state index contributed by atoms with van der Waals surface area (Å²) in [6.07, 6.45) is 0.105. The average molecular weight is 203 g/mol. The van der Waals surface area contributed by atoms with Gasteiger partial charge in [-0.05, 0) is 25.5 Å². The molecular weight excluding hydrogens is 190 g/mol. The Hall–Kier alpha value is -1.82. The van der Waals surface area contributed by atoms with Crippen molar-refractivity contribution in [2.45, 2.75) is 26.4 Å². The summed E-state index contributed by atoms with van der Waals surface area (Å²) in [7, 11) is 0. The van der Waals surface area contributed by atoms with Crippen LogP contribution in [0.15, 0.2) is 24.3 Å². The number of hydrogen-bond acceptors (Lipinski definition) is 3. The van der Waals surface area contributed by atoms with Gasteiger partial charge in [0.1, 0.15) is 11.8 Å². The molecule has 0 radical (unpaired) electrons. The van der Waals surface area contributed by atoms with Gasteiger partial charge in [0.05, 0.1) is 5.56 Å². The van der Waals surface area contributed by atoms with Crippen LogP contribution < -0.4 is 4.74 Å². The van der Waals surface area contributed by atoms with E-state index in [0.717, 1.165) is 0 Å². The number of carbonyl (C=O) groups excluding carboxylic acids is 1. The van der Waals surface area contributed by atoms with Crippen molar-refractivity contribution in [1.82, 2.24) is 0 Å². The minimum absolute atomic E-state index is 0.0570. The SMILES string of the molecule is CCC(C#N)Oc1ccccc1C(C)=O. The molecular formula is C12H13NO2. The summed E-state index contributed by atoms with van der Waals surface area (Å²) in [4.78, 5) is 11.3. The van der Waals surface area contributed by atoms with E-state index in [1.165, 1.54) is 6.92 Å². The number of hydrogen-bond donors (Lipinski definition) is 0. The van der Waals surface area contributed by atoms with Crippen molar-refractivity contribution in [3.05, 3.63) is 29.8 Å². The highest BCUT2D eigenvalue weighted by atomic mass is 16.5. The standard InChI is InChI=1S/C12H13NO2/c1-3-10(8-13)15-12-7-5-4-6-11(12)9(2)14/h4-7,10H,3H2,1-2H3. The maximum absolute atomic E-state index is 11.3. The summed E-state index contributed by atoms with van der Waals surface area (Å²) in [6, 6.07) is 8.99. The smallest absolute Gasteiger partial charge is 0.184 e. The zero-order valence-corrected chi connectivity index (χ0v) is 8.86. The Kier molecular flexibility index (Phi) is 3.87. The molecule has 3 heteroatoms. The van der Waals surface area contributed by atoms with Crippen molar-refractivity contribution in [2.75, 3.05) is 0 Å². The predicted molar refractivity (Wildman–Crippen MR) is 56.8 cm³/mol. The molecule has 0 spiro atoms. The second-order valence-corrected chi connectivity index (χ2v) is 3.20. The Bertz CT molecular complexity index is 393. The molecule has 0 fully saturated rings. The molecule has 0 aromatic heterocycles. The minimum Gasteiger partial charge on any atom is -0.475 e. The van der Waals surface area contributed by atoms with Crippen molar-refractivity contribution in [3.8, 4) is 11.8 Å². The number of benzene rings is 1. The van der Waals surface area contributed by atoms with E-state index < -0.39 is 6.10 Å². The molecule has 1 atom stereocenters. The lowest BCUT2D eigenvalue weighted by molar-refractivity contribution is 0.101. The van der Waals surface area contributed by atoms with Gasteiger partial charge < -0.3 is 4.74 Å². The molecule has 0 saturated heterocycles. The summed E-state index contributed by atoms with van der Waals surface area (Å²) in [5.41, 5.74) is 0.520. The number of para-hydroxylation sites is 1. The molecule has 0 aliphatic carbocycles. The fraction of sp³-hybridized carbons (Fsp3) is 0.333. The van der Waals surface area contributed by atoms with E-state index in [-0.39, 0.29) is 5.78 Å². The van der Waals surface area contributed by atoms with Gasteiger partial charge in [-0.1, -0.05) is 19.1 Å². The third-order valence-electron chi connectivity index (χ3n) is 2.05. The number of nitriles is 1. The van der Waals surface area contributed by atoms with Crippen molar-refractivity contribution in [3.63, 3.8) is 0 Å². The highest BCUT2D eigenvalue weighted by molar-refractivity contribution is 5.96. The maximum Gasteiger partial charge on any atom is 0.184 e. The molecule has 0 N–H and O–H groups in total. The maximum atomic E-state index is 11.3. The number of nitrogens with zero attached hydrogens (tertiary/aromatic N) is 1. The minimum atomic E-state index is -0.495. The first kappa shape index (κ1) is 11.3. The van der Waals surface area contributed by atoms with Crippen LogP contribution in [-0.2, 0) is 0 Å². The fourth-order valence-corrected chi connectivity index (χ4v) is 1.21. The third-order valence-corrected chi connectivity index (χ3v) is 2.05. The van der Waals surface area contributed by atoms with Gasteiger partial charge in [-0.15, -0.1) is 0 Å². The van der Waals surface area contributed by atoms with E-state index in [1.807, 2.05) is 13.0 Å². The summed E-state index contributed by atoms with van der Waals surface area (Å²) < 4.78 is 5.42. The van der Waals surface area contributed by atoms with Crippen LogP contribution in [0.2, 0.25) is 0 Å². The molecule has 0 aliphatic heterocycles. The fourth-order valence-electron chi connectivity index (χ4n) is 1.21. The van der Waals surface area contributed by atoms with E-state index >= 15 is 0 Å². The Morgan fingerprint density at radius 3 is 2.73 bits per heavy atom. The molecule has 0 aliphatic rings. The Morgan fingerprint density at radius 2 is 2.20 bits per heavy atom. The molecule has 3 nitrogen and oxygen atoms in total. The summed E-state index contributed by atoms with van der Waals surface area (Å²) in [6.45, 7) is 3.35. The van der Waals surface area contributed by atoms with Gasteiger partial charge in [-0.2, -0.15) is 5.26 Å². The van der Waals surface area contributed by atoms with Crippen LogP contribution in [0.25, 0.3) is 0 Å². The monoisotopic (exact) mass is 203 g/mol. The highest BCUT2D eigenvalue weighted by Crippen LogP contribution is 2.20. The van der Waals surface area contributed by atoms with Crippen molar-refractivity contribution in [2.24, 2.45) is 0 Å². The summed E-state index contributed by atoms with van der Waals surface area (Å²) >= 11 is 0. The van der Waals surface area contributed by atoms with E-state index in [0.29, 0.717) is 17.7 Å². The van der Waals surface area contributed by atoms with Crippen LogP contribution in [0.5, 0.6) is 5.75 Å². The lowest BCUT2D eigenvalue weighted by atomic mass is 10.1. The lowest BCUT2D eigenvalue weighted by Crippen LogP contribution is -2.14. The normalized spacial score (nSPS) is 11.5. The first-order chi connectivity index (χ1) is 7.19. The van der Waals surface area contributed by atoms with Crippen LogP contribution in [0.3, 0.4) is 0 Å². The molecule has 1 rings (SSSR count). The molecule has 0 bridgehead atoms. The first-order valence-corrected chi connectivity index (χ1v) is 4.85. The molecule has 1 aromatic rings. The van der Waals surface area contributed by atoms with Gasteiger partial charge in [-0.25, -0.2) is 0 Å². The number of ether oxygens (including phenoxy) is 1. The average Bonchev–Trinajstić information content (AvgIpc) is 2.26. The lowest BCUT2D eigenvalue weighted by Gasteiger charge is -2.12. The van der Waals surface area contributed by atoms with E-state index in [4.69, 9.17) is 10.00 Å². The van der Waals surface area contributed by atoms with Crippen LogP contribution >= 0.6 is 0 Å². The molecule has 0 amide bonds. The van der Waals surface area contributed by atoms with E-state index in [2.05, 4.69) is 0 Å². The quantitative estimate of drug-likeness (QED) is 0.706. The predicted octanol–water partition coefficient (Wildman–Crippen LogP) is 2.57. The number of ketones is 1. The molecule has 1 aromatic carbocycles. The van der Waals surface area contributed by atoms with Crippen LogP contribution in [0.4, 0.5) is 0 Å². The van der Waals surface area contributed by atoms with Crippen LogP contribution in [0, 0.1) is 11.3 Å². The van der Waals surface area contributed by atoms with Crippen molar-refractivity contribution >= 4 is 5.78 Å². The molecule has 15 heavy (non-hydrogen) atoms. The molecule has 0 saturated carbocycles.